The molecule has 1 saturated heterocycles. The number of carbonyl (C=O) groups excluding carboxylic acids is 2. The van der Waals surface area contributed by atoms with Crippen LogP contribution in [0.2, 0.25) is 0 Å². The normalized spacial score (nSPS) is 16.4. The molecule has 3 amide bonds. The Morgan fingerprint density at radius 1 is 1.30 bits per heavy atom. The summed E-state index contributed by atoms with van der Waals surface area (Å²) < 4.78 is 0. The fraction of sp³-hybridized carbons (Fsp3) is 0.867. The summed E-state index contributed by atoms with van der Waals surface area (Å²) in [5.74, 6) is 0.649. The van der Waals surface area contributed by atoms with Gasteiger partial charge in [0.2, 0.25) is 5.91 Å². The van der Waals surface area contributed by atoms with Gasteiger partial charge in [-0.2, -0.15) is 0 Å². The molecule has 0 aromatic carbocycles. The van der Waals surface area contributed by atoms with Crippen LogP contribution in [-0.2, 0) is 4.79 Å². The second-order valence-electron chi connectivity index (χ2n) is 6.12. The first-order chi connectivity index (χ1) is 9.43. The molecule has 0 aromatic rings. The van der Waals surface area contributed by atoms with Crippen LogP contribution in [-0.4, -0.2) is 54.5 Å². The fourth-order valence-electron chi connectivity index (χ4n) is 2.47. The van der Waals surface area contributed by atoms with Gasteiger partial charge in [0.15, 0.2) is 0 Å². The third kappa shape index (κ3) is 5.39. The lowest BCUT2D eigenvalue weighted by Crippen LogP contribution is -2.49. The lowest BCUT2D eigenvalue weighted by Gasteiger charge is -2.33. The van der Waals surface area contributed by atoms with E-state index in [9.17, 15) is 9.59 Å². The number of hydrogen-bond acceptors (Lipinski definition) is 2. The van der Waals surface area contributed by atoms with Crippen molar-refractivity contribution in [3.63, 3.8) is 0 Å². The molecule has 5 nitrogen and oxygen atoms in total. The average Bonchev–Trinajstić information content (AvgIpc) is 2.39. The van der Waals surface area contributed by atoms with E-state index in [4.69, 9.17) is 0 Å². The van der Waals surface area contributed by atoms with E-state index in [1.807, 2.05) is 11.9 Å². The zero-order valence-corrected chi connectivity index (χ0v) is 13.3. The molecule has 0 saturated carbocycles. The maximum absolute atomic E-state index is 12.0. The SMILES string of the molecule is CCCN(C)C(=O)NC1CCN(C(=O)CC(C)C)CC1. The van der Waals surface area contributed by atoms with Crippen molar-refractivity contribution in [1.82, 2.24) is 15.1 Å². The standard InChI is InChI=1S/C15H29N3O2/c1-5-8-17(4)15(20)16-13-6-9-18(10-7-13)14(19)11-12(2)3/h12-13H,5-11H2,1-4H3,(H,16,20). The molecule has 0 aliphatic carbocycles. The molecule has 1 heterocycles. The van der Waals surface area contributed by atoms with Crippen molar-refractivity contribution < 1.29 is 9.59 Å². The minimum atomic E-state index is -0.00110. The Balaban J connectivity index is 2.32. The molecular weight excluding hydrogens is 254 g/mol. The molecule has 1 aliphatic heterocycles. The van der Waals surface area contributed by atoms with E-state index in [-0.39, 0.29) is 18.0 Å². The molecule has 0 unspecified atom stereocenters. The summed E-state index contributed by atoms with van der Waals surface area (Å²) in [7, 11) is 1.82. The monoisotopic (exact) mass is 283 g/mol. The predicted octanol–water partition coefficient (Wildman–Crippen LogP) is 2.07. The van der Waals surface area contributed by atoms with E-state index < -0.39 is 0 Å². The highest BCUT2D eigenvalue weighted by Crippen LogP contribution is 2.13. The fourth-order valence-corrected chi connectivity index (χ4v) is 2.47. The largest absolute Gasteiger partial charge is 0.343 e. The van der Waals surface area contributed by atoms with E-state index in [1.165, 1.54) is 0 Å². The topological polar surface area (TPSA) is 52.7 Å². The molecule has 1 fully saturated rings. The summed E-state index contributed by atoms with van der Waals surface area (Å²) in [4.78, 5) is 27.5. The zero-order valence-electron chi connectivity index (χ0n) is 13.3. The lowest BCUT2D eigenvalue weighted by molar-refractivity contribution is -0.133. The molecule has 0 radical (unpaired) electrons. The molecule has 0 bridgehead atoms. The summed E-state index contributed by atoms with van der Waals surface area (Å²) in [6.45, 7) is 8.48. The first kappa shape index (κ1) is 16.8. The third-order valence-corrected chi connectivity index (χ3v) is 3.66. The minimum Gasteiger partial charge on any atom is -0.343 e. The van der Waals surface area contributed by atoms with Crippen LogP contribution in [0.5, 0.6) is 0 Å². The molecule has 1 aliphatic rings. The van der Waals surface area contributed by atoms with Gasteiger partial charge in [0.05, 0.1) is 0 Å². The van der Waals surface area contributed by atoms with Crippen LogP contribution >= 0.6 is 0 Å². The van der Waals surface area contributed by atoms with Gasteiger partial charge in [0.25, 0.3) is 0 Å². The van der Waals surface area contributed by atoms with Crippen LogP contribution < -0.4 is 5.32 Å². The number of piperidine rings is 1. The highest BCUT2D eigenvalue weighted by molar-refractivity contribution is 5.76. The quantitative estimate of drug-likeness (QED) is 0.840. The molecule has 0 atom stereocenters. The number of nitrogens with zero attached hydrogens (tertiary/aromatic N) is 2. The maximum atomic E-state index is 12.0. The van der Waals surface area contributed by atoms with Crippen LogP contribution in [0.1, 0.15) is 46.5 Å². The first-order valence-corrected chi connectivity index (χ1v) is 7.73. The Morgan fingerprint density at radius 2 is 1.90 bits per heavy atom. The number of likely N-dealkylation sites (tertiary alicyclic amines) is 1. The summed E-state index contributed by atoms with van der Waals surface area (Å²) in [6, 6.07) is 0.198. The van der Waals surface area contributed by atoms with Gasteiger partial charge < -0.3 is 15.1 Å². The first-order valence-electron chi connectivity index (χ1n) is 7.73. The molecular formula is C15H29N3O2. The van der Waals surface area contributed by atoms with Gasteiger partial charge in [-0.1, -0.05) is 20.8 Å². The molecule has 0 spiro atoms. The Bertz CT molecular complexity index is 323. The van der Waals surface area contributed by atoms with Crippen LogP contribution in [0.25, 0.3) is 0 Å². The second kappa shape index (κ2) is 8.12. The van der Waals surface area contributed by atoms with Gasteiger partial charge in [-0.15, -0.1) is 0 Å². The summed E-state index contributed by atoms with van der Waals surface area (Å²) in [6.07, 6.45) is 3.30. The van der Waals surface area contributed by atoms with E-state index in [0.29, 0.717) is 12.3 Å². The van der Waals surface area contributed by atoms with Gasteiger partial charge in [0.1, 0.15) is 0 Å². The van der Waals surface area contributed by atoms with Crippen molar-refractivity contribution >= 4 is 11.9 Å². The van der Waals surface area contributed by atoms with E-state index >= 15 is 0 Å². The van der Waals surface area contributed by atoms with E-state index in [1.54, 1.807) is 4.90 Å². The van der Waals surface area contributed by atoms with Gasteiger partial charge >= 0.3 is 6.03 Å². The van der Waals surface area contributed by atoms with Crippen LogP contribution in [0, 0.1) is 5.92 Å². The van der Waals surface area contributed by atoms with Crippen LogP contribution in [0.4, 0.5) is 4.79 Å². The molecule has 5 heteroatoms. The molecule has 20 heavy (non-hydrogen) atoms. The van der Waals surface area contributed by atoms with Crippen LogP contribution in [0.3, 0.4) is 0 Å². The second-order valence-corrected chi connectivity index (χ2v) is 6.12. The van der Waals surface area contributed by atoms with Gasteiger partial charge in [-0.3, -0.25) is 4.79 Å². The van der Waals surface area contributed by atoms with E-state index in [0.717, 1.165) is 38.9 Å². The average molecular weight is 283 g/mol. The van der Waals surface area contributed by atoms with Crippen molar-refractivity contribution in [2.45, 2.75) is 52.5 Å². The Morgan fingerprint density at radius 3 is 2.40 bits per heavy atom. The number of urea groups is 1. The Hall–Kier alpha value is -1.26. The molecule has 1 rings (SSSR count). The maximum Gasteiger partial charge on any atom is 0.317 e. The number of hydrogen-bond donors (Lipinski definition) is 1. The number of nitrogens with one attached hydrogen (secondary N) is 1. The highest BCUT2D eigenvalue weighted by Gasteiger charge is 2.24. The Labute approximate surface area is 122 Å². The highest BCUT2D eigenvalue weighted by atomic mass is 16.2. The van der Waals surface area contributed by atoms with Gasteiger partial charge in [-0.05, 0) is 25.2 Å². The molecule has 1 N–H and O–H groups in total. The van der Waals surface area contributed by atoms with Crippen molar-refractivity contribution in [2.24, 2.45) is 5.92 Å². The third-order valence-electron chi connectivity index (χ3n) is 3.66. The number of amides is 3. The van der Waals surface area contributed by atoms with E-state index in [2.05, 4.69) is 26.1 Å². The van der Waals surface area contributed by atoms with Gasteiger partial charge in [0, 0.05) is 39.1 Å². The van der Waals surface area contributed by atoms with Crippen molar-refractivity contribution in [3.8, 4) is 0 Å². The lowest BCUT2D eigenvalue weighted by atomic mass is 10.0. The van der Waals surface area contributed by atoms with Crippen molar-refractivity contribution in [1.29, 1.82) is 0 Å². The predicted molar refractivity (Wildman–Crippen MR) is 80.5 cm³/mol. The summed E-state index contributed by atoms with van der Waals surface area (Å²) >= 11 is 0. The zero-order chi connectivity index (χ0) is 15.1. The van der Waals surface area contributed by atoms with Crippen molar-refractivity contribution in [3.05, 3.63) is 0 Å². The molecule has 0 aromatic heterocycles. The smallest absolute Gasteiger partial charge is 0.317 e. The minimum absolute atomic E-state index is 0.00110. The summed E-state index contributed by atoms with van der Waals surface area (Å²) in [5, 5.41) is 3.05. The summed E-state index contributed by atoms with van der Waals surface area (Å²) in [5.41, 5.74) is 0. The van der Waals surface area contributed by atoms with Gasteiger partial charge in [-0.25, -0.2) is 4.79 Å². The number of rotatable bonds is 5. The number of carbonyl (C=O) groups is 2. The Kier molecular flexibility index (Phi) is 6.82. The van der Waals surface area contributed by atoms with Crippen molar-refractivity contribution in [2.75, 3.05) is 26.7 Å². The molecule has 116 valence electrons. The van der Waals surface area contributed by atoms with Crippen LogP contribution in [0.15, 0.2) is 0 Å².